The Morgan fingerprint density at radius 3 is 2.00 bits per heavy atom. The Balaban J connectivity index is 1.08. The van der Waals surface area contributed by atoms with Crippen LogP contribution < -0.4 is 4.90 Å². The van der Waals surface area contributed by atoms with Crippen LogP contribution in [0.25, 0.3) is 66.0 Å². The van der Waals surface area contributed by atoms with Crippen LogP contribution in [-0.2, 0) is 0 Å². The molecule has 0 spiro atoms. The minimum absolute atomic E-state index is 0.157. The summed E-state index contributed by atoms with van der Waals surface area (Å²) in [5, 5.41) is 5.10. The fourth-order valence-electron chi connectivity index (χ4n) is 11.2. The third kappa shape index (κ3) is 6.32. The van der Waals surface area contributed by atoms with Crippen LogP contribution >= 0.6 is 0 Å². The molecule has 0 bridgehead atoms. The van der Waals surface area contributed by atoms with Crippen molar-refractivity contribution in [3.63, 3.8) is 0 Å². The first-order valence-electron chi connectivity index (χ1n) is 21.8. The SMILES string of the molecule is CC1(C)CC(C)(C)C2C1=CC=CC2n1c2ccccc2c2ccc(-c3ccccc3N(c3ccc(-c4ccccc4)cc3)c3cccc(-c4ccc5ccccc5c4)c3)cc21. The van der Waals surface area contributed by atoms with Crippen LogP contribution in [0.4, 0.5) is 17.1 Å². The molecule has 2 aliphatic carbocycles. The predicted octanol–water partition coefficient (Wildman–Crippen LogP) is 16.5. The van der Waals surface area contributed by atoms with E-state index < -0.39 is 0 Å². The van der Waals surface area contributed by atoms with Crippen molar-refractivity contribution in [2.75, 3.05) is 4.90 Å². The summed E-state index contributed by atoms with van der Waals surface area (Å²) in [6.07, 6.45) is 8.38. The molecule has 2 unspecified atom stereocenters. The number of aromatic nitrogens is 1. The number of para-hydroxylation sites is 2. The zero-order valence-corrected chi connectivity index (χ0v) is 35.4. The molecule has 0 radical (unpaired) electrons. The lowest BCUT2D eigenvalue weighted by Gasteiger charge is -2.37. The average Bonchev–Trinajstić information content (AvgIpc) is 3.73. The quantitative estimate of drug-likeness (QED) is 0.156. The summed E-state index contributed by atoms with van der Waals surface area (Å²) in [5.41, 5.74) is 15.0. The van der Waals surface area contributed by atoms with E-state index in [0.717, 1.165) is 17.1 Å². The molecular weight excluding hydrogens is 737 g/mol. The summed E-state index contributed by atoms with van der Waals surface area (Å²) in [4.78, 5) is 2.44. The number of hydrogen-bond donors (Lipinski definition) is 0. The highest BCUT2D eigenvalue weighted by Crippen LogP contribution is 2.61. The summed E-state index contributed by atoms with van der Waals surface area (Å²) in [6, 6.07) is 69.5. The smallest absolute Gasteiger partial charge is 0.0596 e. The predicted molar refractivity (Wildman–Crippen MR) is 260 cm³/mol. The third-order valence-corrected chi connectivity index (χ3v) is 13.7. The summed E-state index contributed by atoms with van der Waals surface area (Å²) in [7, 11) is 0. The van der Waals surface area contributed by atoms with Crippen molar-refractivity contribution in [1.29, 1.82) is 0 Å². The molecule has 0 saturated heterocycles. The number of anilines is 3. The van der Waals surface area contributed by atoms with Crippen molar-refractivity contribution < 1.29 is 0 Å². The van der Waals surface area contributed by atoms with Gasteiger partial charge in [0.2, 0.25) is 0 Å². The standard InChI is InChI=1S/C59H50N2/c1-58(2)39-59(3,4)57-52(58)24-15-27-55(57)61-54-26-13-11-23-50(54)51-35-32-46(38-56(51)61)49-22-10-12-25-53(49)60(47-33-30-42(31-34-47)40-16-6-5-7-17-40)48-21-14-20-44(37-48)45-29-28-41-18-8-9-19-43(41)36-45/h5-38,55,57H,39H2,1-4H3. The van der Waals surface area contributed by atoms with Gasteiger partial charge in [0.1, 0.15) is 0 Å². The second-order valence-electron chi connectivity index (χ2n) is 18.5. The van der Waals surface area contributed by atoms with Crippen LogP contribution in [-0.4, -0.2) is 4.57 Å². The molecule has 9 aromatic rings. The summed E-state index contributed by atoms with van der Waals surface area (Å²) in [5.74, 6) is 0.409. The second-order valence-corrected chi connectivity index (χ2v) is 18.5. The molecule has 11 rings (SSSR count). The maximum absolute atomic E-state index is 2.67. The normalized spacial score (nSPS) is 17.7. The number of fused-ring (bicyclic) bond motifs is 5. The van der Waals surface area contributed by atoms with Gasteiger partial charge in [-0.05, 0) is 104 Å². The maximum Gasteiger partial charge on any atom is 0.0596 e. The number of allylic oxidation sites excluding steroid dienone is 4. The average molecular weight is 787 g/mol. The highest BCUT2D eigenvalue weighted by atomic mass is 15.1. The zero-order chi connectivity index (χ0) is 41.3. The first kappa shape index (κ1) is 37.1. The molecule has 0 N–H and O–H groups in total. The van der Waals surface area contributed by atoms with Gasteiger partial charge < -0.3 is 9.47 Å². The van der Waals surface area contributed by atoms with Gasteiger partial charge >= 0.3 is 0 Å². The first-order chi connectivity index (χ1) is 29.7. The van der Waals surface area contributed by atoms with Crippen molar-refractivity contribution in [2.45, 2.75) is 40.2 Å². The molecule has 2 heteroatoms. The maximum atomic E-state index is 2.67. The largest absolute Gasteiger partial charge is 0.333 e. The van der Waals surface area contributed by atoms with E-state index in [1.807, 2.05) is 0 Å². The fraction of sp³-hybridized carbons (Fsp3) is 0.153. The van der Waals surface area contributed by atoms with Gasteiger partial charge in [0.25, 0.3) is 0 Å². The summed E-state index contributed by atoms with van der Waals surface area (Å²) in [6.45, 7) is 9.85. The van der Waals surface area contributed by atoms with E-state index in [4.69, 9.17) is 0 Å². The molecule has 1 saturated carbocycles. The molecule has 2 atom stereocenters. The highest BCUT2D eigenvalue weighted by molar-refractivity contribution is 6.09. The molecule has 2 nitrogen and oxygen atoms in total. The van der Waals surface area contributed by atoms with Gasteiger partial charge in [0.15, 0.2) is 0 Å². The van der Waals surface area contributed by atoms with Crippen LogP contribution in [0.15, 0.2) is 212 Å². The molecule has 2 aliphatic rings. The molecule has 296 valence electrons. The van der Waals surface area contributed by atoms with E-state index in [0.29, 0.717) is 5.92 Å². The van der Waals surface area contributed by atoms with Crippen LogP contribution in [0.2, 0.25) is 0 Å². The Bertz CT molecular complexity index is 3180. The monoisotopic (exact) mass is 786 g/mol. The minimum Gasteiger partial charge on any atom is -0.333 e. The molecular formula is C59H50N2. The lowest BCUT2D eigenvalue weighted by Crippen LogP contribution is -2.29. The van der Waals surface area contributed by atoms with Crippen molar-refractivity contribution in [1.82, 2.24) is 4.57 Å². The lowest BCUT2D eigenvalue weighted by molar-refractivity contribution is 0.221. The van der Waals surface area contributed by atoms with Crippen molar-refractivity contribution in [2.24, 2.45) is 16.7 Å². The number of benzene rings is 8. The highest BCUT2D eigenvalue weighted by Gasteiger charge is 2.52. The van der Waals surface area contributed by atoms with E-state index in [9.17, 15) is 0 Å². The van der Waals surface area contributed by atoms with Crippen molar-refractivity contribution in [3.05, 3.63) is 212 Å². The molecule has 8 aromatic carbocycles. The topological polar surface area (TPSA) is 8.17 Å². The van der Waals surface area contributed by atoms with Crippen LogP contribution in [0.5, 0.6) is 0 Å². The van der Waals surface area contributed by atoms with Gasteiger partial charge in [-0.15, -0.1) is 0 Å². The number of rotatable bonds is 7. The van der Waals surface area contributed by atoms with Crippen molar-refractivity contribution >= 4 is 49.6 Å². The van der Waals surface area contributed by atoms with Crippen molar-refractivity contribution in [3.8, 4) is 33.4 Å². The second kappa shape index (κ2) is 14.4. The van der Waals surface area contributed by atoms with Gasteiger partial charge in [-0.2, -0.15) is 0 Å². The van der Waals surface area contributed by atoms with Crippen LogP contribution in [0.1, 0.15) is 40.2 Å². The van der Waals surface area contributed by atoms with Gasteiger partial charge in [-0.3, -0.25) is 0 Å². The van der Waals surface area contributed by atoms with Gasteiger partial charge in [-0.25, -0.2) is 0 Å². The van der Waals surface area contributed by atoms with Gasteiger partial charge in [0.05, 0.1) is 17.2 Å². The first-order valence-corrected chi connectivity index (χ1v) is 21.8. The molecule has 1 heterocycles. The Hall–Kier alpha value is -6.90. The van der Waals surface area contributed by atoms with E-state index in [-0.39, 0.29) is 16.9 Å². The molecule has 61 heavy (non-hydrogen) atoms. The third-order valence-electron chi connectivity index (χ3n) is 13.7. The minimum atomic E-state index is 0.157. The molecule has 1 fully saturated rings. The Kier molecular flexibility index (Phi) is 8.75. The van der Waals surface area contributed by atoms with E-state index in [1.165, 1.54) is 72.4 Å². The fourth-order valence-corrected chi connectivity index (χ4v) is 11.2. The number of hydrogen-bond acceptors (Lipinski definition) is 1. The molecule has 0 aliphatic heterocycles. The van der Waals surface area contributed by atoms with E-state index >= 15 is 0 Å². The lowest BCUT2D eigenvalue weighted by atomic mass is 9.74. The summed E-state index contributed by atoms with van der Waals surface area (Å²) < 4.78 is 2.67. The zero-order valence-electron chi connectivity index (χ0n) is 35.4. The van der Waals surface area contributed by atoms with E-state index in [2.05, 4.69) is 243 Å². The van der Waals surface area contributed by atoms with Gasteiger partial charge in [-0.1, -0.05) is 191 Å². The number of nitrogens with zero attached hydrogens (tertiary/aromatic N) is 2. The molecule has 1 aromatic heterocycles. The Morgan fingerprint density at radius 2 is 1.15 bits per heavy atom. The van der Waals surface area contributed by atoms with Gasteiger partial charge in [0, 0.05) is 39.1 Å². The van der Waals surface area contributed by atoms with Crippen LogP contribution in [0.3, 0.4) is 0 Å². The Labute approximate surface area is 359 Å². The van der Waals surface area contributed by atoms with Crippen LogP contribution in [0, 0.1) is 16.7 Å². The molecule has 0 amide bonds. The summed E-state index contributed by atoms with van der Waals surface area (Å²) >= 11 is 0. The Morgan fingerprint density at radius 1 is 0.492 bits per heavy atom. The van der Waals surface area contributed by atoms with E-state index in [1.54, 1.807) is 5.57 Å².